The third-order valence-corrected chi connectivity index (χ3v) is 9.10. The van der Waals surface area contributed by atoms with Crippen LogP contribution in [0, 0.1) is 0 Å². The maximum atomic E-state index is 12.2. The van der Waals surface area contributed by atoms with Crippen molar-refractivity contribution >= 4 is 25.7 Å². The van der Waals surface area contributed by atoms with Crippen molar-refractivity contribution in [1.82, 2.24) is 5.32 Å². The quantitative estimate of drug-likeness (QED) is 0.0210. The molecule has 1 amide bonds. The molecule has 12 heteroatoms. The van der Waals surface area contributed by atoms with Crippen molar-refractivity contribution in [3.8, 4) is 0 Å². The summed E-state index contributed by atoms with van der Waals surface area (Å²) in [5.41, 5.74) is 0. The Morgan fingerprint density at radius 3 is 1.61 bits per heavy atom. The molecule has 3 unspecified atom stereocenters. The van der Waals surface area contributed by atoms with Gasteiger partial charge in [0.25, 0.3) is 0 Å². The van der Waals surface area contributed by atoms with Crippen molar-refractivity contribution < 1.29 is 47.8 Å². The highest BCUT2D eigenvalue weighted by atomic mass is 31.2. The first-order valence-electron chi connectivity index (χ1n) is 19.5. The van der Waals surface area contributed by atoms with Crippen LogP contribution in [0.1, 0.15) is 162 Å². The van der Waals surface area contributed by atoms with Gasteiger partial charge in [0, 0.05) is 12.8 Å². The topological polar surface area (TPSA) is 169 Å². The van der Waals surface area contributed by atoms with E-state index in [0.29, 0.717) is 12.8 Å². The number of rotatable bonds is 36. The highest BCUT2D eigenvalue weighted by molar-refractivity contribution is 7.47. The molecule has 0 heterocycles. The Bertz CT molecular complexity index is 1020. The van der Waals surface area contributed by atoms with E-state index in [4.69, 9.17) is 13.8 Å². The van der Waals surface area contributed by atoms with E-state index < -0.39 is 57.6 Å². The van der Waals surface area contributed by atoms with Crippen LogP contribution in [0.5, 0.6) is 0 Å². The van der Waals surface area contributed by atoms with E-state index in [1.807, 2.05) is 0 Å². The van der Waals surface area contributed by atoms with Gasteiger partial charge in [0.1, 0.15) is 12.7 Å². The van der Waals surface area contributed by atoms with Gasteiger partial charge in [-0.15, -0.1) is 0 Å². The Morgan fingerprint density at radius 2 is 1.08 bits per heavy atom. The lowest BCUT2D eigenvalue weighted by Gasteiger charge is -2.18. The molecule has 0 saturated heterocycles. The molecule has 3 atom stereocenters. The average Bonchev–Trinajstić information content (AvgIpc) is 3.10. The molecule has 0 bridgehead atoms. The number of nitrogens with one attached hydrogen (secondary N) is 1. The number of amides is 1. The molecule has 0 aliphatic carbocycles. The zero-order chi connectivity index (χ0) is 37.8. The minimum atomic E-state index is -4.75. The summed E-state index contributed by atoms with van der Waals surface area (Å²) in [5, 5.41) is 21.7. The molecular weight excluding hydrogens is 673 g/mol. The molecule has 0 aromatic rings. The van der Waals surface area contributed by atoms with E-state index >= 15 is 0 Å². The highest BCUT2D eigenvalue weighted by Crippen LogP contribution is 2.43. The number of ether oxygens (including phenoxy) is 1. The van der Waals surface area contributed by atoms with Crippen molar-refractivity contribution in [3.63, 3.8) is 0 Å². The fourth-order valence-electron chi connectivity index (χ4n) is 5.04. The number of aliphatic hydroxyl groups is 1. The molecule has 296 valence electrons. The lowest BCUT2D eigenvalue weighted by Crippen LogP contribution is -2.43. The molecule has 0 rings (SSSR count). The number of phosphoric acid groups is 1. The fraction of sp³-hybridized carbons (Fsp3) is 0.769. The summed E-state index contributed by atoms with van der Waals surface area (Å²) in [6.07, 6.45) is 34.6. The van der Waals surface area contributed by atoms with E-state index in [1.54, 1.807) is 0 Å². The second-order valence-electron chi connectivity index (χ2n) is 13.1. The number of phosphoric ester groups is 1. The van der Waals surface area contributed by atoms with Gasteiger partial charge in [0.05, 0.1) is 13.2 Å². The summed E-state index contributed by atoms with van der Waals surface area (Å²) in [6.45, 7) is 2.49. The van der Waals surface area contributed by atoms with Gasteiger partial charge in [-0.05, 0) is 70.6 Å². The number of hydrogen-bond donors (Lipinski definition) is 4. The van der Waals surface area contributed by atoms with Crippen LogP contribution >= 0.6 is 7.82 Å². The van der Waals surface area contributed by atoms with Gasteiger partial charge < -0.3 is 25.2 Å². The summed E-state index contributed by atoms with van der Waals surface area (Å²) in [5.74, 6) is -2.40. The van der Waals surface area contributed by atoms with E-state index in [1.165, 1.54) is 38.5 Å². The predicted octanol–water partition coefficient (Wildman–Crippen LogP) is 9.27. The molecule has 0 aromatic heterocycles. The van der Waals surface area contributed by atoms with Gasteiger partial charge in [0.2, 0.25) is 5.91 Å². The first-order valence-corrected chi connectivity index (χ1v) is 21.0. The number of carboxylic acid groups (broad SMARTS) is 1. The third-order valence-electron chi connectivity index (χ3n) is 8.15. The molecule has 0 radical (unpaired) electrons. The minimum Gasteiger partial charge on any atom is -0.480 e. The van der Waals surface area contributed by atoms with Crippen LogP contribution in [0.3, 0.4) is 0 Å². The Kier molecular flexibility index (Phi) is 33.2. The van der Waals surface area contributed by atoms with Crippen LogP contribution in [0.25, 0.3) is 0 Å². The van der Waals surface area contributed by atoms with Gasteiger partial charge in [0.15, 0.2) is 6.04 Å². The molecule has 0 spiro atoms. The number of allylic oxidation sites excluding steroid dienone is 6. The molecule has 0 aliphatic rings. The maximum Gasteiger partial charge on any atom is 0.472 e. The lowest BCUT2D eigenvalue weighted by molar-refractivity contribution is -0.147. The van der Waals surface area contributed by atoms with Gasteiger partial charge >= 0.3 is 19.8 Å². The molecule has 0 aromatic carbocycles. The molecular formula is C39H70NO10P. The third kappa shape index (κ3) is 34.5. The van der Waals surface area contributed by atoms with Crippen molar-refractivity contribution in [2.75, 3.05) is 19.8 Å². The Morgan fingerprint density at radius 1 is 0.627 bits per heavy atom. The van der Waals surface area contributed by atoms with Crippen LogP contribution in [-0.4, -0.2) is 64.9 Å². The Hall–Kier alpha value is -2.30. The van der Waals surface area contributed by atoms with Gasteiger partial charge in [-0.2, -0.15) is 0 Å². The van der Waals surface area contributed by atoms with Crippen LogP contribution < -0.4 is 5.32 Å². The minimum absolute atomic E-state index is 0.134. The summed E-state index contributed by atoms with van der Waals surface area (Å²) in [6, 6.07) is -1.55. The number of aliphatic carboxylic acids is 1. The number of carbonyl (C=O) groups excluding carboxylic acids is 2. The van der Waals surface area contributed by atoms with E-state index in [9.17, 15) is 34.1 Å². The van der Waals surface area contributed by atoms with Crippen molar-refractivity contribution in [1.29, 1.82) is 0 Å². The monoisotopic (exact) mass is 743 g/mol. The number of hydrogen-bond acceptors (Lipinski definition) is 8. The zero-order valence-electron chi connectivity index (χ0n) is 31.7. The Labute approximate surface area is 308 Å². The largest absolute Gasteiger partial charge is 0.480 e. The average molecular weight is 744 g/mol. The molecule has 0 aliphatic heterocycles. The van der Waals surface area contributed by atoms with E-state index in [0.717, 1.165) is 83.5 Å². The first-order chi connectivity index (χ1) is 24.6. The summed E-state index contributed by atoms with van der Waals surface area (Å²) in [7, 11) is -4.75. The smallest absolute Gasteiger partial charge is 0.472 e. The van der Waals surface area contributed by atoms with Gasteiger partial charge in [-0.1, -0.05) is 115 Å². The second-order valence-corrected chi connectivity index (χ2v) is 14.6. The standard InChI is InChI=1S/C39H70NO10P/c1-3-5-7-9-11-13-15-17-18-19-21-23-25-27-29-31-38(43)48-32-35(41)33-49-51(46,47)50-34-36(39(44)45)40-37(42)30-28-26-24-22-20-16-14-12-10-8-6-4-2/h11-14,17-18,35-36,41H,3-10,15-16,19-34H2,1-2H3,(H,40,42)(H,44,45)(H,46,47)/b13-11-,14-12-,18-17-. The summed E-state index contributed by atoms with van der Waals surface area (Å²) >= 11 is 0. The molecule has 11 nitrogen and oxygen atoms in total. The maximum absolute atomic E-state index is 12.2. The second kappa shape index (κ2) is 34.8. The fourth-order valence-corrected chi connectivity index (χ4v) is 5.82. The lowest BCUT2D eigenvalue weighted by atomic mass is 10.1. The van der Waals surface area contributed by atoms with Crippen LogP contribution in [0.4, 0.5) is 0 Å². The number of aliphatic hydroxyl groups excluding tert-OH is 1. The first kappa shape index (κ1) is 48.7. The highest BCUT2D eigenvalue weighted by Gasteiger charge is 2.28. The van der Waals surface area contributed by atoms with Crippen molar-refractivity contribution in [3.05, 3.63) is 36.5 Å². The number of carbonyl (C=O) groups is 3. The zero-order valence-corrected chi connectivity index (χ0v) is 32.5. The molecule has 4 N–H and O–H groups in total. The van der Waals surface area contributed by atoms with Gasteiger partial charge in [-0.3, -0.25) is 18.6 Å². The number of esters is 1. The SMILES string of the molecule is CCCCC/C=C\C/C=C\CCCCCCCC(=O)OCC(O)COP(=O)(O)OCC(NC(=O)CCCCCCC/C=C\CCCCC)C(=O)O. The van der Waals surface area contributed by atoms with Crippen LogP contribution in [0.15, 0.2) is 36.5 Å². The molecule has 0 saturated carbocycles. The molecule has 51 heavy (non-hydrogen) atoms. The number of carboxylic acids is 1. The summed E-state index contributed by atoms with van der Waals surface area (Å²) in [4.78, 5) is 45.7. The van der Waals surface area contributed by atoms with E-state index in [2.05, 4.69) is 55.6 Å². The normalized spacial score (nSPS) is 14.3. The van der Waals surface area contributed by atoms with Crippen molar-refractivity contribution in [2.45, 2.75) is 174 Å². The van der Waals surface area contributed by atoms with Crippen LogP contribution in [0.2, 0.25) is 0 Å². The van der Waals surface area contributed by atoms with E-state index in [-0.39, 0.29) is 12.8 Å². The molecule has 0 fully saturated rings. The van der Waals surface area contributed by atoms with Crippen LogP contribution in [-0.2, 0) is 32.7 Å². The van der Waals surface area contributed by atoms with Gasteiger partial charge in [-0.25, -0.2) is 9.36 Å². The predicted molar refractivity (Wildman–Crippen MR) is 203 cm³/mol. The summed E-state index contributed by atoms with van der Waals surface area (Å²) < 4.78 is 26.7. The Balaban J connectivity index is 3.98. The number of unbranched alkanes of at least 4 members (excludes halogenated alkanes) is 16. The van der Waals surface area contributed by atoms with Crippen molar-refractivity contribution in [2.24, 2.45) is 0 Å².